The topological polar surface area (TPSA) is 58.8 Å². The van der Waals surface area contributed by atoms with Gasteiger partial charge in [0.15, 0.2) is 5.75 Å². The molecule has 0 N–H and O–H groups in total. The number of nitrogens with zero attached hydrogens (tertiary/aromatic N) is 3. The Bertz CT molecular complexity index is 459. The predicted molar refractivity (Wildman–Crippen MR) is 81.8 cm³/mol. The third-order valence-electron chi connectivity index (χ3n) is 3.85. The maximum absolute atomic E-state index is 10.9. The summed E-state index contributed by atoms with van der Waals surface area (Å²) in [6.07, 6.45) is 0.887. The fourth-order valence-corrected chi connectivity index (χ4v) is 2.53. The van der Waals surface area contributed by atoms with Gasteiger partial charge in [0.2, 0.25) is 0 Å². The quantitative estimate of drug-likeness (QED) is 0.437. The van der Waals surface area contributed by atoms with Gasteiger partial charge in [-0.15, -0.1) is 0 Å². The van der Waals surface area contributed by atoms with Crippen LogP contribution in [0, 0.1) is 10.1 Å². The van der Waals surface area contributed by atoms with Crippen molar-refractivity contribution in [2.45, 2.75) is 13.3 Å². The number of nitro benzene ring substituents is 1. The first kappa shape index (κ1) is 15.7. The van der Waals surface area contributed by atoms with E-state index in [-0.39, 0.29) is 5.69 Å². The lowest BCUT2D eigenvalue weighted by molar-refractivity contribution is -0.385. The van der Waals surface area contributed by atoms with Gasteiger partial charge in [0.05, 0.1) is 11.5 Å². The standard InChI is InChI=1S/C15H23N3O3/c1-2-16-9-11-17(12-10-16)8-5-13-21-15-7-4-3-6-14(15)18(19)20/h3-4,6-7H,2,5,8-13H2,1H3. The molecule has 1 saturated heterocycles. The number of hydrogen-bond donors (Lipinski definition) is 0. The molecule has 0 radical (unpaired) electrons. The smallest absolute Gasteiger partial charge is 0.310 e. The Kier molecular flexibility index (Phi) is 5.95. The molecule has 2 rings (SSSR count). The van der Waals surface area contributed by atoms with Crippen molar-refractivity contribution in [2.24, 2.45) is 0 Å². The van der Waals surface area contributed by atoms with Crippen molar-refractivity contribution in [1.82, 2.24) is 9.80 Å². The molecule has 0 atom stereocenters. The normalized spacial score (nSPS) is 16.8. The Morgan fingerprint density at radius 2 is 1.86 bits per heavy atom. The van der Waals surface area contributed by atoms with Crippen molar-refractivity contribution in [3.8, 4) is 5.75 Å². The Labute approximate surface area is 125 Å². The number of nitro groups is 1. The summed E-state index contributed by atoms with van der Waals surface area (Å²) in [4.78, 5) is 15.3. The molecule has 1 aliphatic heterocycles. The number of para-hydroxylation sites is 2. The monoisotopic (exact) mass is 293 g/mol. The van der Waals surface area contributed by atoms with E-state index in [1.807, 2.05) is 0 Å². The summed E-state index contributed by atoms with van der Waals surface area (Å²) in [6, 6.07) is 6.53. The lowest BCUT2D eigenvalue weighted by atomic mass is 10.3. The minimum absolute atomic E-state index is 0.0362. The summed E-state index contributed by atoms with van der Waals surface area (Å²) in [5.41, 5.74) is 0.0362. The highest BCUT2D eigenvalue weighted by Gasteiger charge is 2.16. The van der Waals surface area contributed by atoms with Crippen LogP contribution in [0.4, 0.5) is 5.69 Å². The van der Waals surface area contributed by atoms with Gasteiger partial charge in [-0.2, -0.15) is 0 Å². The van der Waals surface area contributed by atoms with Crippen molar-refractivity contribution in [3.63, 3.8) is 0 Å². The molecule has 6 heteroatoms. The molecule has 0 aromatic heterocycles. The van der Waals surface area contributed by atoms with E-state index in [4.69, 9.17) is 4.74 Å². The van der Waals surface area contributed by atoms with Crippen molar-refractivity contribution in [2.75, 3.05) is 45.9 Å². The Morgan fingerprint density at radius 1 is 1.19 bits per heavy atom. The van der Waals surface area contributed by atoms with Gasteiger partial charge >= 0.3 is 5.69 Å². The zero-order valence-corrected chi connectivity index (χ0v) is 12.5. The zero-order valence-electron chi connectivity index (χ0n) is 12.5. The minimum Gasteiger partial charge on any atom is -0.487 e. The van der Waals surface area contributed by atoms with E-state index in [1.54, 1.807) is 18.2 Å². The summed E-state index contributed by atoms with van der Waals surface area (Å²) >= 11 is 0. The van der Waals surface area contributed by atoms with Crippen LogP contribution in [0.5, 0.6) is 5.75 Å². The second-order valence-corrected chi connectivity index (χ2v) is 5.20. The number of benzene rings is 1. The molecule has 0 unspecified atom stereocenters. The molecule has 0 saturated carbocycles. The van der Waals surface area contributed by atoms with Gasteiger partial charge in [0, 0.05) is 38.8 Å². The van der Waals surface area contributed by atoms with E-state index in [9.17, 15) is 10.1 Å². The first-order valence-electron chi connectivity index (χ1n) is 7.51. The average molecular weight is 293 g/mol. The van der Waals surface area contributed by atoms with Crippen molar-refractivity contribution in [3.05, 3.63) is 34.4 Å². The van der Waals surface area contributed by atoms with Crippen LogP contribution in [-0.2, 0) is 0 Å². The number of rotatable bonds is 7. The SMILES string of the molecule is CCN1CCN(CCCOc2ccccc2[N+](=O)[O-])CC1. The van der Waals surface area contributed by atoms with Crippen molar-refractivity contribution in [1.29, 1.82) is 0 Å². The second kappa shape index (κ2) is 7.95. The molecule has 21 heavy (non-hydrogen) atoms. The molecule has 1 aromatic carbocycles. The Hall–Kier alpha value is -1.66. The zero-order chi connectivity index (χ0) is 15.1. The molecule has 0 aliphatic carbocycles. The van der Waals surface area contributed by atoms with Gasteiger partial charge in [0.25, 0.3) is 0 Å². The number of hydrogen-bond acceptors (Lipinski definition) is 5. The molecule has 1 aromatic rings. The first-order valence-corrected chi connectivity index (χ1v) is 7.51. The van der Waals surface area contributed by atoms with E-state index in [1.165, 1.54) is 6.07 Å². The first-order chi connectivity index (χ1) is 10.2. The summed E-state index contributed by atoms with van der Waals surface area (Å²) in [7, 11) is 0. The molecule has 6 nitrogen and oxygen atoms in total. The van der Waals surface area contributed by atoms with Crippen LogP contribution in [0.2, 0.25) is 0 Å². The van der Waals surface area contributed by atoms with Gasteiger partial charge in [-0.05, 0) is 19.0 Å². The maximum Gasteiger partial charge on any atom is 0.310 e. The molecule has 0 amide bonds. The number of ether oxygens (including phenoxy) is 1. The van der Waals surface area contributed by atoms with Crippen molar-refractivity contribution >= 4 is 5.69 Å². The summed E-state index contributed by atoms with van der Waals surface area (Å²) in [5, 5.41) is 10.9. The van der Waals surface area contributed by atoms with Crippen LogP contribution in [0.25, 0.3) is 0 Å². The van der Waals surface area contributed by atoms with Crippen molar-refractivity contribution < 1.29 is 9.66 Å². The summed E-state index contributed by atoms with van der Waals surface area (Å²) < 4.78 is 5.55. The Morgan fingerprint density at radius 3 is 2.52 bits per heavy atom. The van der Waals surface area contributed by atoms with Gasteiger partial charge < -0.3 is 14.5 Å². The number of likely N-dealkylation sites (N-methyl/N-ethyl adjacent to an activating group) is 1. The molecule has 1 heterocycles. The molecule has 116 valence electrons. The van der Waals surface area contributed by atoms with Crippen LogP contribution in [0.1, 0.15) is 13.3 Å². The van der Waals surface area contributed by atoms with E-state index >= 15 is 0 Å². The van der Waals surface area contributed by atoms with Crippen LogP contribution in [0.15, 0.2) is 24.3 Å². The molecule has 1 aliphatic rings. The van der Waals surface area contributed by atoms with Gasteiger partial charge in [0.1, 0.15) is 0 Å². The van der Waals surface area contributed by atoms with E-state index < -0.39 is 4.92 Å². The molecule has 1 fully saturated rings. The molecular formula is C15H23N3O3. The van der Waals surface area contributed by atoms with E-state index in [0.717, 1.165) is 45.7 Å². The fourth-order valence-electron chi connectivity index (χ4n) is 2.53. The maximum atomic E-state index is 10.9. The fraction of sp³-hybridized carbons (Fsp3) is 0.600. The third-order valence-corrected chi connectivity index (χ3v) is 3.85. The van der Waals surface area contributed by atoms with E-state index in [2.05, 4.69) is 16.7 Å². The molecule has 0 bridgehead atoms. The van der Waals surface area contributed by atoms with Crippen LogP contribution >= 0.6 is 0 Å². The van der Waals surface area contributed by atoms with Gasteiger partial charge in [-0.25, -0.2) is 0 Å². The van der Waals surface area contributed by atoms with Crippen LogP contribution < -0.4 is 4.74 Å². The number of piperazine rings is 1. The molecular weight excluding hydrogens is 270 g/mol. The third kappa shape index (κ3) is 4.68. The highest BCUT2D eigenvalue weighted by molar-refractivity contribution is 5.45. The lowest BCUT2D eigenvalue weighted by Crippen LogP contribution is -2.46. The van der Waals surface area contributed by atoms with Gasteiger partial charge in [-0.1, -0.05) is 19.1 Å². The minimum atomic E-state index is -0.403. The predicted octanol–water partition coefficient (Wildman–Crippen LogP) is 2.00. The lowest BCUT2D eigenvalue weighted by Gasteiger charge is -2.33. The Balaban J connectivity index is 1.70. The van der Waals surface area contributed by atoms with E-state index in [0.29, 0.717) is 12.4 Å². The van der Waals surface area contributed by atoms with Gasteiger partial charge in [-0.3, -0.25) is 10.1 Å². The average Bonchev–Trinajstić information content (AvgIpc) is 2.52. The van der Waals surface area contributed by atoms with Crippen LogP contribution in [-0.4, -0.2) is 60.6 Å². The highest BCUT2D eigenvalue weighted by atomic mass is 16.6. The largest absolute Gasteiger partial charge is 0.487 e. The highest BCUT2D eigenvalue weighted by Crippen LogP contribution is 2.25. The van der Waals surface area contributed by atoms with Crippen LogP contribution in [0.3, 0.4) is 0 Å². The molecule has 0 spiro atoms. The summed E-state index contributed by atoms with van der Waals surface area (Å²) in [5.74, 6) is 0.360. The second-order valence-electron chi connectivity index (χ2n) is 5.20. The summed E-state index contributed by atoms with van der Waals surface area (Å²) in [6.45, 7) is 9.25.